The molecule has 1 aromatic carbocycles. The molecular formula is C18H27O2S+. The Labute approximate surface area is 133 Å². The van der Waals surface area contributed by atoms with Gasteiger partial charge < -0.3 is 9.47 Å². The van der Waals surface area contributed by atoms with Crippen LogP contribution in [0.5, 0.6) is 5.75 Å². The highest BCUT2D eigenvalue weighted by atomic mass is 32.2. The van der Waals surface area contributed by atoms with Crippen molar-refractivity contribution in [1.82, 2.24) is 0 Å². The molecule has 0 bridgehead atoms. The fourth-order valence-corrected chi connectivity index (χ4v) is 2.99. The van der Waals surface area contributed by atoms with Crippen molar-refractivity contribution in [2.45, 2.75) is 45.4 Å². The Hall–Kier alpha value is -1.35. The van der Waals surface area contributed by atoms with Crippen LogP contribution in [-0.4, -0.2) is 13.2 Å². The molecule has 0 radical (unpaired) electrons. The molecule has 2 nitrogen and oxygen atoms in total. The summed E-state index contributed by atoms with van der Waals surface area (Å²) in [6.45, 7) is 9.49. The molecule has 0 unspecified atom stereocenters. The summed E-state index contributed by atoms with van der Waals surface area (Å²) >= 11 is 1.23. The van der Waals surface area contributed by atoms with E-state index in [-0.39, 0.29) is 0 Å². The van der Waals surface area contributed by atoms with Crippen molar-refractivity contribution >= 4 is 11.8 Å². The van der Waals surface area contributed by atoms with E-state index < -0.39 is 0 Å². The summed E-state index contributed by atoms with van der Waals surface area (Å²) in [4.78, 5) is 2.60. The van der Waals surface area contributed by atoms with Crippen LogP contribution in [0.2, 0.25) is 0 Å². The van der Waals surface area contributed by atoms with E-state index in [2.05, 4.69) is 24.3 Å². The third kappa shape index (κ3) is 6.30. The van der Waals surface area contributed by atoms with Gasteiger partial charge in [0.1, 0.15) is 11.5 Å². The molecule has 0 saturated carbocycles. The number of hydrogen-bond donors (Lipinski definition) is 0. The Morgan fingerprint density at radius 1 is 1.00 bits per heavy atom. The van der Waals surface area contributed by atoms with Crippen molar-refractivity contribution in [2.24, 2.45) is 0 Å². The second-order valence-electron chi connectivity index (χ2n) is 4.25. The topological polar surface area (TPSA) is 18.5 Å². The van der Waals surface area contributed by atoms with Gasteiger partial charge in [-0.1, -0.05) is 13.8 Å². The largest absolute Gasteiger partial charge is 0.498 e. The first-order chi connectivity index (χ1) is 10.3. The van der Waals surface area contributed by atoms with Gasteiger partial charge in [0, 0.05) is 24.3 Å². The maximum Gasteiger partial charge on any atom is 0.158 e. The Bertz CT molecular complexity index is 461. The Morgan fingerprint density at radius 2 is 1.67 bits per heavy atom. The molecule has 0 heterocycles. The molecule has 1 aliphatic carbocycles. The summed E-state index contributed by atoms with van der Waals surface area (Å²) < 4.78 is 11.0. The van der Waals surface area contributed by atoms with Crippen molar-refractivity contribution in [3.8, 4) is 5.75 Å². The fraction of sp³-hybridized carbons (Fsp3) is 0.444. The Kier molecular flexibility index (Phi) is 8.76. The van der Waals surface area contributed by atoms with Gasteiger partial charge in [-0.2, -0.15) is 0 Å². The van der Waals surface area contributed by atoms with Crippen LogP contribution in [-0.2, 0) is 16.5 Å². The molecule has 1 aliphatic rings. The van der Waals surface area contributed by atoms with Crippen LogP contribution in [0.4, 0.5) is 0 Å². The standard InChI is InChI=1S/C16H20O2S.C2H6/c1-3-17-13-8-10-15(11-9-13)19-16-7-5-6-14(12-16)18-4-2;1-2/h7-12H,3-6H2,1-2H3;1-2H3/p+1. The number of thiol groups is 1. The van der Waals surface area contributed by atoms with Gasteiger partial charge in [0.05, 0.1) is 13.2 Å². The normalized spacial score (nSPS) is 13.5. The molecule has 0 fully saturated rings. The summed E-state index contributed by atoms with van der Waals surface area (Å²) in [5.41, 5.74) is 0. The smallest absolute Gasteiger partial charge is 0.158 e. The van der Waals surface area contributed by atoms with Gasteiger partial charge >= 0.3 is 0 Å². The number of allylic oxidation sites excluding steroid dienone is 3. The van der Waals surface area contributed by atoms with Crippen molar-refractivity contribution in [2.75, 3.05) is 13.2 Å². The van der Waals surface area contributed by atoms with Gasteiger partial charge in [0.15, 0.2) is 9.80 Å². The lowest BCUT2D eigenvalue weighted by Crippen LogP contribution is -1.99. The third-order valence-electron chi connectivity index (χ3n) is 2.79. The lowest BCUT2D eigenvalue weighted by molar-refractivity contribution is 0.218. The van der Waals surface area contributed by atoms with Crippen LogP contribution < -0.4 is 4.74 Å². The van der Waals surface area contributed by atoms with Crippen LogP contribution in [0, 0.1) is 0 Å². The highest BCUT2D eigenvalue weighted by Gasteiger charge is 2.14. The van der Waals surface area contributed by atoms with Crippen molar-refractivity contribution in [3.05, 3.63) is 47.1 Å². The summed E-state index contributed by atoms with van der Waals surface area (Å²) in [7, 11) is 0. The van der Waals surface area contributed by atoms with Crippen LogP contribution in [0.15, 0.2) is 52.0 Å². The third-order valence-corrected chi connectivity index (χ3v) is 3.91. The fourth-order valence-electron chi connectivity index (χ4n) is 1.97. The second-order valence-corrected chi connectivity index (χ2v) is 5.51. The Balaban J connectivity index is 0.00000106. The summed E-state index contributed by atoms with van der Waals surface area (Å²) in [5, 5.41) is 0. The summed E-state index contributed by atoms with van der Waals surface area (Å²) in [6.07, 6.45) is 6.56. The molecule has 2 rings (SSSR count). The van der Waals surface area contributed by atoms with E-state index in [1.807, 2.05) is 39.8 Å². The molecule has 1 aromatic rings. The zero-order chi connectivity index (χ0) is 15.5. The molecule has 0 amide bonds. The average molecular weight is 307 g/mol. The van der Waals surface area contributed by atoms with Crippen LogP contribution in [0.1, 0.15) is 40.5 Å². The minimum atomic E-state index is 0.711. The first kappa shape index (κ1) is 17.7. The van der Waals surface area contributed by atoms with Gasteiger partial charge in [-0.25, -0.2) is 0 Å². The zero-order valence-electron chi connectivity index (χ0n) is 13.6. The van der Waals surface area contributed by atoms with E-state index in [1.54, 1.807) is 0 Å². The molecule has 0 spiro atoms. The minimum Gasteiger partial charge on any atom is -0.498 e. The predicted molar refractivity (Wildman–Crippen MR) is 93.0 cm³/mol. The van der Waals surface area contributed by atoms with E-state index in [4.69, 9.17) is 9.47 Å². The van der Waals surface area contributed by atoms with E-state index in [9.17, 15) is 0 Å². The van der Waals surface area contributed by atoms with Crippen LogP contribution in [0.3, 0.4) is 0 Å². The number of benzene rings is 1. The molecule has 0 N–H and O–H groups in total. The van der Waals surface area contributed by atoms with E-state index >= 15 is 0 Å². The SMILES string of the molecule is CC.CCOC1=CC([SH+]c2ccc(OCC)cc2)=CCC1. The first-order valence-electron chi connectivity index (χ1n) is 7.80. The van der Waals surface area contributed by atoms with Gasteiger partial charge in [-0.15, -0.1) is 0 Å². The lowest BCUT2D eigenvalue weighted by atomic mass is 10.1. The van der Waals surface area contributed by atoms with Crippen LogP contribution in [0.25, 0.3) is 0 Å². The van der Waals surface area contributed by atoms with Crippen LogP contribution >= 0.6 is 0 Å². The van der Waals surface area contributed by atoms with E-state index in [1.165, 1.54) is 21.6 Å². The van der Waals surface area contributed by atoms with Crippen molar-refractivity contribution in [1.29, 1.82) is 0 Å². The maximum absolute atomic E-state index is 5.60. The second kappa shape index (κ2) is 10.4. The lowest BCUT2D eigenvalue weighted by Gasteiger charge is -2.10. The molecule has 116 valence electrons. The van der Waals surface area contributed by atoms with E-state index in [0.29, 0.717) is 6.61 Å². The first-order valence-corrected chi connectivity index (χ1v) is 8.69. The molecule has 0 aromatic heterocycles. The molecule has 0 atom stereocenters. The number of ether oxygens (including phenoxy) is 2. The zero-order valence-corrected chi connectivity index (χ0v) is 14.5. The molecule has 0 aliphatic heterocycles. The predicted octanol–water partition coefficient (Wildman–Crippen LogP) is 4.88. The quantitative estimate of drug-likeness (QED) is 0.550. The van der Waals surface area contributed by atoms with Gasteiger partial charge in [-0.05, 0) is 50.6 Å². The van der Waals surface area contributed by atoms with Gasteiger partial charge in [0.2, 0.25) is 0 Å². The number of hydrogen-bond acceptors (Lipinski definition) is 2. The molecular weight excluding hydrogens is 280 g/mol. The van der Waals surface area contributed by atoms with Crippen molar-refractivity contribution < 1.29 is 9.47 Å². The van der Waals surface area contributed by atoms with Crippen molar-refractivity contribution in [3.63, 3.8) is 0 Å². The maximum atomic E-state index is 5.60. The molecule has 3 heteroatoms. The summed E-state index contributed by atoms with van der Waals surface area (Å²) in [6, 6.07) is 8.30. The van der Waals surface area contributed by atoms with Gasteiger partial charge in [-0.3, -0.25) is 0 Å². The molecule has 0 saturated heterocycles. The molecule has 21 heavy (non-hydrogen) atoms. The highest BCUT2D eigenvalue weighted by molar-refractivity contribution is 7.83. The number of rotatable bonds is 6. The average Bonchev–Trinajstić information content (AvgIpc) is 2.52. The highest BCUT2D eigenvalue weighted by Crippen LogP contribution is 2.23. The van der Waals surface area contributed by atoms with E-state index in [0.717, 1.165) is 31.0 Å². The Morgan fingerprint density at radius 3 is 2.29 bits per heavy atom. The monoisotopic (exact) mass is 307 g/mol. The van der Waals surface area contributed by atoms with Gasteiger partial charge in [0.25, 0.3) is 0 Å². The minimum absolute atomic E-state index is 0.711. The summed E-state index contributed by atoms with van der Waals surface area (Å²) in [5.74, 6) is 2.04.